The van der Waals surface area contributed by atoms with Gasteiger partial charge < -0.3 is 11.1 Å². The highest BCUT2D eigenvalue weighted by Gasteiger charge is 2.12. The lowest BCUT2D eigenvalue weighted by Gasteiger charge is -2.09. The number of nitrogens with one attached hydrogen (secondary N) is 1. The fourth-order valence-corrected chi connectivity index (χ4v) is 2.12. The average Bonchev–Trinajstić information content (AvgIpc) is 2.90. The van der Waals surface area contributed by atoms with E-state index in [1.807, 2.05) is 17.8 Å². The van der Waals surface area contributed by atoms with E-state index < -0.39 is 5.91 Å². The molecular formula is C13H20N6O. The van der Waals surface area contributed by atoms with Crippen LogP contribution in [0.15, 0.2) is 12.3 Å². The van der Waals surface area contributed by atoms with Gasteiger partial charge in [-0.05, 0) is 20.8 Å². The van der Waals surface area contributed by atoms with Crippen molar-refractivity contribution >= 4 is 11.7 Å². The molecule has 0 saturated heterocycles. The Kier molecular flexibility index (Phi) is 3.78. The molecule has 0 bridgehead atoms. The molecular weight excluding hydrogens is 256 g/mol. The standard InChI is InChI=1S/C13H20N6O/c1-8(2)19-9(3)10(7-16-19)6-15-12-5-11(13(14)20)18(4)17-12/h5,7-8H,6H2,1-4H3,(H2,14,20)(H,15,17). The van der Waals surface area contributed by atoms with Gasteiger partial charge in [-0.25, -0.2) is 0 Å². The van der Waals surface area contributed by atoms with Crippen molar-refractivity contribution in [2.24, 2.45) is 12.8 Å². The van der Waals surface area contributed by atoms with Gasteiger partial charge in [-0.2, -0.15) is 10.2 Å². The number of aryl methyl sites for hydroxylation is 1. The number of aromatic nitrogens is 4. The van der Waals surface area contributed by atoms with Crippen LogP contribution in [0.1, 0.15) is 41.6 Å². The molecule has 3 N–H and O–H groups in total. The Morgan fingerprint density at radius 1 is 1.50 bits per heavy atom. The molecule has 2 rings (SSSR count). The molecule has 0 spiro atoms. The number of nitrogens with two attached hydrogens (primary N) is 1. The third kappa shape index (κ3) is 2.66. The highest BCUT2D eigenvalue weighted by molar-refractivity contribution is 5.91. The Morgan fingerprint density at radius 2 is 2.20 bits per heavy atom. The molecule has 20 heavy (non-hydrogen) atoms. The summed E-state index contributed by atoms with van der Waals surface area (Å²) in [5, 5.41) is 11.7. The maximum Gasteiger partial charge on any atom is 0.267 e. The molecule has 0 fully saturated rings. The van der Waals surface area contributed by atoms with E-state index in [1.54, 1.807) is 13.1 Å². The number of rotatable bonds is 5. The molecule has 0 saturated carbocycles. The van der Waals surface area contributed by atoms with E-state index in [0.29, 0.717) is 24.1 Å². The first kappa shape index (κ1) is 14.1. The zero-order valence-electron chi connectivity index (χ0n) is 12.2. The van der Waals surface area contributed by atoms with Crippen LogP contribution in [0.4, 0.5) is 5.82 Å². The molecule has 2 heterocycles. The van der Waals surface area contributed by atoms with E-state index in [-0.39, 0.29) is 0 Å². The van der Waals surface area contributed by atoms with Crippen LogP contribution in [-0.4, -0.2) is 25.5 Å². The Balaban J connectivity index is 2.09. The molecule has 1 amide bonds. The molecule has 2 aromatic heterocycles. The van der Waals surface area contributed by atoms with E-state index >= 15 is 0 Å². The van der Waals surface area contributed by atoms with Gasteiger partial charge in [0.15, 0.2) is 0 Å². The maximum atomic E-state index is 11.2. The Morgan fingerprint density at radius 3 is 2.70 bits per heavy atom. The van der Waals surface area contributed by atoms with Crippen LogP contribution in [0.5, 0.6) is 0 Å². The topological polar surface area (TPSA) is 90.8 Å². The SMILES string of the molecule is Cc1c(CNc2cc(C(N)=O)n(C)n2)cnn1C(C)C. The van der Waals surface area contributed by atoms with Crippen LogP contribution in [0.25, 0.3) is 0 Å². The molecule has 0 atom stereocenters. The summed E-state index contributed by atoms with van der Waals surface area (Å²) in [5.41, 5.74) is 7.86. The number of carbonyl (C=O) groups excluding carboxylic acids is 1. The highest BCUT2D eigenvalue weighted by atomic mass is 16.1. The van der Waals surface area contributed by atoms with Crippen molar-refractivity contribution < 1.29 is 4.79 Å². The molecule has 2 aromatic rings. The number of hydrogen-bond donors (Lipinski definition) is 2. The lowest BCUT2D eigenvalue weighted by Crippen LogP contribution is -2.15. The smallest absolute Gasteiger partial charge is 0.267 e. The van der Waals surface area contributed by atoms with Gasteiger partial charge in [-0.3, -0.25) is 14.2 Å². The predicted molar refractivity (Wildman–Crippen MR) is 76.4 cm³/mol. The van der Waals surface area contributed by atoms with E-state index in [4.69, 9.17) is 5.73 Å². The number of amides is 1. The number of hydrogen-bond acceptors (Lipinski definition) is 4. The minimum Gasteiger partial charge on any atom is -0.364 e. The van der Waals surface area contributed by atoms with Crippen LogP contribution in [0.3, 0.4) is 0 Å². The summed E-state index contributed by atoms with van der Waals surface area (Å²) in [6, 6.07) is 1.98. The third-order valence-corrected chi connectivity index (χ3v) is 3.23. The third-order valence-electron chi connectivity index (χ3n) is 3.23. The van der Waals surface area contributed by atoms with Gasteiger partial charge >= 0.3 is 0 Å². The van der Waals surface area contributed by atoms with Crippen molar-refractivity contribution in [3.05, 3.63) is 29.2 Å². The summed E-state index contributed by atoms with van der Waals surface area (Å²) in [7, 11) is 1.69. The highest BCUT2D eigenvalue weighted by Crippen LogP contribution is 2.15. The van der Waals surface area contributed by atoms with Crippen molar-refractivity contribution in [1.82, 2.24) is 19.6 Å². The second-order valence-electron chi connectivity index (χ2n) is 5.05. The normalized spacial score (nSPS) is 11.1. The first-order valence-corrected chi connectivity index (χ1v) is 6.51. The molecule has 0 aliphatic heterocycles. The zero-order chi connectivity index (χ0) is 14.9. The van der Waals surface area contributed by atoms with Crippen molar-refractivity contribution in [2.45, 2.75) is 33.4 Å². The maximum absolute atomic E-state index is 11.2. The average molecular weight is 276 g/mol. The first-order valence-electron chi connectivity index (χ1n) is 6.51. The van der Waals surface area contributed by atoms with Crippen LogP contribution >= 0.6 is 0 Å². The van der Waals surface area contributed by atoms with Crippen LogP contribution in [0, 0.1) is 6.92 Å². The van der Waals surface area contributed by atoms with E-state index in [2.05, 4.69) is 29.4 Å². The Hall–Kier alpha value is -2.31. The molecule has 0 radical (unpaired) electrons. The minimum absolute atomic E-state index is 0.333. The molecule has 0 aliphatic rings. The second-order valence-corrected chi connectivity index (χ2v) is 5.05. The summed E-state index contributed by atoms with van der Waals surface area (Å²) in [6.07, 6.45) is 1.85. The summed E-state index contributed by atoms with van der Waals surface area (Å²) in [5.74, 6) is 0.134. The molecule has 108 valence electrons. The number of primary amides is 1. The zero-order valence-corrected chi connectivity index (χ0v) is 12.2. The van der Waals surface area contributed by atoms with Crippen LogP contribution in [-0.2, 0) is 13.6 Å². The minimum atomic E-state index is -0.489. The van der Waals surface area contributed by atoms with Crippen LogP contribution < -0.4 is 11.1 Å². The van der Waals surface area contributed by atoms with E-state index in [0.717, 1.165) is 11.3 Å². The van der Waals surface area contributed by atoms with Gasteiger partial charge in [0.1, 0.15) is 11.5 Å². The molecule has 0 unspecified atom stereocenters. The van der Waals surface area contributed by atoms with Crippen molar-refractivity contribution in [2.75, 3.05) is 5.32 Å². The molecule has 0 aromatic carbocycles. The van der Waals surface area contributed by atoms with Crippen molar-refractivity contribution in [1.29, 1.82) is 0 Å². The van der Waals surface area contributed by atoms with E-state index in [9.17, 15) is 4.79 Å². The first-order chi connectivity index (χ1) is 9.40. The summed E-state index contributed by atoms with van der Waals surface area (Å²) >= 11 is 0. The largest absolute Gasteiger partial charge is 0.364 e. The van der Waals surface area contributed by atoms with Gasteiger partial charge in [0, 0.05) is 37.0 Å². The summed E-state index contributed by atoms with van der Waals surface area (Å²) < 4.78 is 3.44. The predicted octanol–water partition coefficient (Wildman–Crippen LogP) is 1.22. The Labute approximate surface area is 117 Å². The van der Waals surface area contributed by atoms with Gasteiger partial charge in [0.2, 0.25) is 0 Å². The summed E-state index contributed by atoms with van der Waals surface area (Å²) in [4.78, 5) is 11.2. The van der Waals surface area contributed by atoms with E-state index in [1.165, 1.54) is 4.68 Å². The second kappa shape index (κ2) is 5.36. The number of carbonyl (C=O) groups is 1. The molecule has 0 aliphatic carbocycles. The van der Waals surface area contributed by atoms with Gasteiger partial charge in [0.25, 0.3) is 5.91 Å². The van der Waals surface area contributed by atoms with Gasteiger partial charge in [0.05, 0.1) is 6.20 Å². The summed E-state index contributed by atoms with van der Waals surface area (Å²) in [6.45, 7) is 6.83. The van der Waals surface area contributed by atoms with Crippen LogP contribution in [0.2, 0.25) is 0 Å². The monoisotopic (exact) mass is 276 g/mol. The number of anilines is 1. The van der Waals surface area contributed by atoms with Crippen molar-refractivity contribution in [3.63, 3.8) is 0 Å². The molecule has 7 nitrogen and oxygen atoms in total. The fourth-order valence-electron chi connectivity index (χ4n) is 2.12. The Bertz CT molecular complexity index is 625. The molecule has 7 heteroatoms. The number of nitrogens with zero attached hydrogens (tertiary/aromatic N) is 4. The van der Waals surface area contributed by atoms with Gasteiger partial charge in [-0.15, -0.1) is 0 Å². The lowest BCUT2D eigenvalue weighted by molar-refractivity contribution is 0.0991. The van der Waals surface area contributed by atoms with Crippen molar-refractivity contribution in [3.8, 4) is 0 Å². The fraction of sp³-hybridized carbons (Fsp3) is 0.462. The van der Waals surface area contributed by atoms with Gasteiger partial charge in [-0.1, -0.05) is 0 Å². The lowest BCUT2D eigenvalue weighted by atomic mass is 10.2. The quantitative estimate of drug-likeness (QED) is 0.859.